The molecule has 0 radical (unpaired) electrons. The Morgan fingerprint density at radius 3 is 2.46 bits per heavy atom. The van der Waals surface area contributed by atoms with Gasteiger partial charge < -0.3 is 20.1 Å². The van der Waals surface area contributed by atoms with Crippen LogP contribution >= 0.6 is 0 Å². The van der Waals surface area contributed by atoms with Gasteiger partial charge >= 0.3 is 11.9 Å². The summed E-state index contributed by atoms with van der Waals surface area (Å²) in [5, 5.41) is 21.4. The molecule has 0 aliphatic carbocycles. The molecule has 3 N–H and O–H groups in total. The van der Waals surface area contributed by atoms with Crippen LogP contribution in [0.4, 0.5) is 0 Å². The lowest BCUT2D eigenvalue weighted by molar-refractivity contribution is -0.140. The van der Waals surface area contributed by atoms with E-state index in [1.807, 2.05) is 11.5 Å². The highest BCUT2D eigenvalue weighted by Crippen LogP contribution is 2.13. The van der Waals surface area contributed by atoms with E-state index < -0.39 is 18.0 Å². The number of carboxylic acid groups (broad SMARTS) is 2. The van der Waals surface area contributed by atoms with E-state index >= 15 is 0 Å². The van der Waals surface area contributed by atoms with Crippen molar-refractivity contribution in [3.63, 3.8) is 0 Å². The summed E-state index contributed by atoms with van der Waals surface area (Å²) in [6.45, 7) is 7.12. The first-order chi connectivity index (χ1) is 13.2. The molecule has 2 rings (SSSR count). The zero-order valence-electron chi connectivity index (χ0n) is 16.7. The van der Waals surface area contributed by atoms with E-state index in [1.165, 1.54) is 11.1 Å². The van der Waals surface area contributed by atoms with Crippen LogP contribution in [0.15, 0.2) is 30.7 Å². The van der Waals surface area contributed by atoms with Crippen molar-refractivity contribution in [2.45, 2.75) is 52.6 Å². The second-order valence-electron chi connectivity index (χ2n) is 7.55. The molecule has 0 fully saturated rings. The van der Waals surface area contributed by atoms with Crippen molar-refractivity contribution >= 4 is 11.9 Å². The van der Waals surface area contributed by atoms with Gasteiger partial charge in [-0.3, -0.25) is 9.59 Å². The lowest BCUT2D eigenvalue weighted by Gasteiger charge is -2.18. The first kappa shape index (κ1) is 21.6. The Bertz CT molecular complexity index is 795. The maximum Gasteiger partial charge on any atom is 0.321 e. The normalized spacial score (nSPS) is 13.2. The van der Waals surface area contributed by atoms with Gasteiger partial charge in [0.15, 0.2) is 0 Å². The topological polar surface area (TPSA) is 104 Å². The maximum atomic E-state index is 11.7. The first-order valence-electron chi connectivity index (χ1n) is 9.48. The number of hydrogen-bond acceptors (Lipinski definition) is 4. The summed E-state index contributed by atoms with van der Waals surface area (Å²) < 4.78 is 1.97. The molecule has 7 nitrogen and oxygen atoms in total. The van der Waals surface area contributed by atoms with Crippen molar-refractivity contribution in [1.29, 1.82) is 0 Å². The molecule has 0 spiro atoms. The fraction of sp³-hybridized carbons (Fsp3) is 0.476. The van der Waals surface area contributed by atoms with Gasteiger partial charge in [0.1, 0.15) is 6.04 Å². The number of hydrogen-bond donors (Lipinski definition) is 3. The van der Waals surface area contributed by atoms with Crippen molar-refractivity contribution in [1.82, 2.24) is 14.9 Å². The maximum absolute atomic E-state index is 11.7. The van der Waals surface area contributed by atoms with Crippen molar-refractivity contribution in [3.8, 4) is 0 Å². The SMILES string of the molecule is Cc1cc(C)cc(Cn2cncc2CC(NCC(C)CCC(=O)O)C(=O)O)c1. The number of benzene rings is 1. The number of rotatable bonds is 11. The molecule has 7 heteroatoms. The molecule has 0 saturated heterocycles. The number of aromatic nitrogens is 2. The van der Waals surface area contributed by atoms with E-state index in [4.69, 9.17) is 5.11 Å². The third-order valence-electron chi connectivity index (χ3n) is 4.71. The molecule has 0 bridgehead atoms. The predicted molar refractivity (Wildman–Crippen MR) is 106 cm³/mol. The minimum Gasteiger partial charge on any atom is -0.481 e. The van der Waals surface area contributed by atoms with E-state index in [0.717, 1.165) is 11.3 Å². The van der Waals surface area contributed by atoms with Gasteiger partial charge in [-0.25, -0.2) is 4.98 Å². The summed E-state index contributed by atoms with van der Waals surface area (Å²) in [6, 6.07) is 5.61. The average molecular weight is 387 g/mol. The molecule has 2 atom stereocenters. The summed E-state index contributed by atoms with van der Waals surface area (Å²) in [4.78, 5) is 26.5. The highest BCUT2D eigenvalue weighted by atomic mass is 16.4. The second-order valence-corrected chi connectivity index (χ2v) is 7.55. The van der Waals surface area contributed by atoms with Crippen LogP contribution < -0.4 is 5.32 Å². The molecule has 28 heavy (non-hydrogen) atoms. The number of carboxylic acids is 2. The predicted octanol–water partition coefficient (Wildman–Crippen LogP) is 2.63. The van der Waals surface area contributed by atoms with Crippen molar-refractivity contribution in [2.24, 2.45) is 5.92 Å². The number of carbonyl (C=O) groups is 2. The largest absolute Gasteiger partial charge is 0.481 e. The molecule has 0 saturated carbocycles. The van der Waals surface area contributed by atoms with Gasteiger partial charge in [-0.1, -0.05) is 36.2 Å². The summed E-state index contributed by atoms with van der Waals surface area (Å²) in [6.07, 6.45) is 4.34. The number of aliphatic carboxylic acids is 2. The zero-order chi connectivity index (χ0) is 20.7. The molecule has 0 aliphatic rings. The quantitative estimate of drug-likeness (QED) is 0.547. The van der Waals surface area contributed by atoms with Crippen LogP contribution in [0.2, 0.25) is 0 Å². The molecule has 1 aromatic heterocycles. The van der Waals surface area contributed by atoms with Gasteiger partial charge in [-0.15, -0.1) is 0 Å². The molecule has 2 aromatic rings. The molecule has 0 amide bonds. The van der Waals surface area contributed by atoms with Gasteiger partial charge in [0, 0.05) is 31.3 Å². The summed E-state index contributed by atoms with van der Waals surface area (Å²) >= 11 is 0. The van der Waals surface area contributed by atoms with Gasteiger partial charge in [0.2, 0.25) is 0 Å². The van der Waals surface area contributed by atoms with Crippen molar-refractivity contribution < 1.29 is 19.8 Å². The van der Waals surface area contributed by atoms with E-state index in [-0.39, 0.29) is 12.3 Å². The number of nitrogens with zero attached hydrogens (tertiary/aromatic N) is 2. The average Bonchev–Trinajstić information content (AvgIpc) is 3.02. The summed E-state index contributed by atoms with van der Waals surface area (Å²) in [7, 11) is 0. The van der Waals surface area contributed by atoms with Gasteiger partial charge in [0.05, 0.1) is 6.33 Å². The Kier molecular flexibility index (Phi) is 7.75. The number of aryl methyl sites for hydroxylation is 2. The second kappa shape index (κ2) is 10.0. The van der Waals surface area contributed by atoms with E-state index in [9.17, 15) is 14.7 Å². The molecule has 2 unspecified atom stereocenters. The Morgan fingerprint density at radius 2 is 1.86 bits per heavy atom. The van der Waals surface area contributed by atoms with Crippen LogP contribution in [-0.2, 0) is 22.6 Å². The molecule has 0 aliphatic heterocycles. The first-order valence-corrected chi connectivity index (χ1v) is 9.48. The van der Waals surface area contributed by atoms with Crippen LogP contribution in [-0.4, -0.2) is 44.3 Å². The monoisotopic (exact) mass is 387 g/mol. The van der Waals surface area contributed by atoms with Gasteiger partial charge in [-0.2, -0.15) is 0 Å². The number of imidazole rings is 1. The molecular formula is C21H29N3O4. The standard InChI is InChI=1S/C21H29N3O4/c1-14(4-5-20(25)26)10-23-19(21(27)28)9-18-11-22-13-24(18)12-17-7-15(2)6-16(3)8-17/h6-8,11,13-14,19,23H,4-5,9-10,12H2,1-3H3,(H,25,26)(H,27,28). The van der Waals surface area contributed by atoms with Crippen LogP contribution in [0.25, 0.3) is 0 Å². The lowest BCUT2D eigenvalue weighted by Crippen LogP contribution is -2.41. The third kappa shape index (κ3) is 6.81. The van der Waals surface area contributed by atoms with E-state index in [2.05, 4.69) is 42.3 Å². The highest BCUT2D eigenvalue weighted by molar-refractivity contribution is 5.73. The van der Waals surface area contributed by atoms with Gasteiger partial charge in [-0.05, 0) is 38.3 Å². The minimum absolute atomic E-state index is 0.0816. The zero-order valence-corrected chi connectivity index (χ0v) is 16.7. The molecular weight excluding hydrogens is 358 g/mol. The van der Waals surface area contributed by atoms with Crippen LogP contribution in [0, 0.1) is 19.8 Å². The van der Waals surface area contributed by atoms with Crippen molar-refractivity contribution in [3.05, 3.63) is 53.1 Å². The molecule has 152 valence electrons. The Labute approximate surface area is 165 Å². The fourth-order valence-corrected chi connectivity index (χ4v) is 3.29. The Hall–Kier alpha value is -2.67. The number of nitrogens with one attached hydrogen (secondary N) is 1. The summed E-state index contributed by atoms with van der Waals surface area (Å²) in [5.41, 5.74) is 4.38. The van der Waals surface area contributed by atoms with E-state index in [1.54, 1.807) is 12.5 Å². The minimum atomic E-state index is -0.926. The lowest BCUT2D eigenvalue weighted by atomic mass is 10.0. The van der Waals surface area contributed by atoms with E-state index in [0.29, 0.717) is 25.9 Å². The van der Waals surface area contributed by atoms with Gasteiger partial charge in [0.25, 0.3) is 0 Å². The van der Waals surface area contributed by atoms with Crippen molar-refractivity contribution in [2.75, 3.05) is 6.54 Å². The Morgan fingerprint density at radius 1 is 1.18 bits per heavy atom. The molecule has 1 heterocycles. The van der Waals surface area contributed by atoms with Crippen LogP contribution in [0.3, 0.4) is 0 Å². The fourth-order valence-electron chi connectivity index (χ4n) is 3.29. The Balaban J connectivity index is 2.01. The van der Waals surface area contributed by atoms with Crippen LogP contribution in [0.1, 0.15) is 42.1 Å². The third-order valence-corrected chi connectivity index (χ3v) is 4.71. The summed E-state index contributed by atoms with van der Waals surface area (Å²) in [5.74, 6) is -1.68. The molecule has 1 aromatic carbocycles. The highest BCUT2D eigenvalue weighted by Gasteiger charge is 2.20. The smallest absolute Gasteiger partial charge is 0.321 e. The van der Waals surface area contributed by atoms with Crippen LogP contribution in [0.5, 0.6) is 0 Å².